The average Bonchev–Trinajstić information content (AvgIpc) is 2.73. The van der Waals surface area contributed by atoms with Crippen LogP contribution in [0.15, 0.2) is 53.5 Å². The molecular weight excluding hydrogens is 409 g/mol. The maximum Gasteiger partial charge on any atom is 0.338 e. The molecule has 156 valence electrons. The number of carbonyl (C=O) groups is 3. The van der Waals surface area contributed by atoms with Gasteiger partial charge in [-0.3, -0.25) is 14.5 Å². The number of nitrogens with zero attached hydrogens (tertiary/aromatic N) is 2. The molecule has 1 atom stereocenters. The zero-order chi connectivity index (χ0) is 21.7. The molecule has 0 bridgehead atoms. The molecule has 7 nitrogen and oxygen atoms in total. The highest BCUT2D eigenvalue weighted by molar-refractivity contribution is 8.15. The van der Waals surface area contributed by atoms with Gasteiger partial charge in [0.15, 0.2) is 5.17 Å². The van der Waals surface area contributed by atoms with Crippen LogP contribution in [0.1, 0.15) is 23.7 Å². The van der Waals surface area contributed by atoms with Crippen LogP contribution in [0, 0.1) is 5.82 Å². The van der Waals surface area contributed by atoms with Gasteiger partial charge in [0, 0.05) is 13.5 Å². The lowest BCUT2D eigenvalue weighted by Crippen LogP contribution is -2.43. The van der Waals surface area contributed by atoms with E-state index in [1.54, 1.807) is 44.3 Å². The van der Waals surface area contributed by atoms with E-state index in [1.165, 1.54) is 23.1 Å². The van der Waals surface area contributed by atoms with Gasteiger partial charge < -0.3 is 10.1 Å². The standard InChI is InChI=1S/C21H20FN3O4S/c1-3-29-20(28)13-8-10-14(11-9-13)23-21-25(2)18(26)12-17(30-21)19(27)24-16-7-5-4-6-15(16)22/h4-11,17H,3,12H2,1-2H3,(H,24,27)/t17-/m0/s1. The van der Waals surface area contributed by atoms with Crippen LogP contribution in [-0.2, 0) is 14.3 Å². The minimum absolute atomic E-state index is 0.0255. The molecule has 0 saturated carbocycles. The molecule has 2 amide bonds. The van der Waals surface area contributed by atoms with Gasteiger partial charge in [0.05, 0.1) is 23.5 Å². The molecule has 0 aliphatic carbocycles. The number of halogens is 1. The second-order valence-corrected chi connectivity index (χ2v) is 7.56. The Labute approximate surface area is 177 Å². The monoisotopic (exact) mass is 429 g/mol. The minimum Gasteiger partial charge on any atom is -0.462 e. The van der Waals surface area contributed by atoms with Crippen molar-refractivity contribution in [2.24, 2.45) is 4.99 Å². The highest BCUT2D eigenvalue weighted by atomic mass is 32.2. The SMILES string of the molecule is CCOC(=O)c1ccc(N=C2S[C@H](C(=O)Nc3ccccc3F)CC(=O)N2C)cc1. The molecule has 0 unspecified atom stereocenters. The zero-order valence-corrected chi connectivity index (χ0v) is 17.2. The van der Waals surface area contributed by atoms with Crippen molar-refractivity contribution in [2.75, 3.05) is 19.0 Å². The van der Waals surface area contributed by atoms with Crippen molar-refractivity contribution in [3.05, 3.63) is 59.9 Å². The third kappa shape index (κ3) is 5.04. The highest BCUT2D eigenvalue weighted by Crippen LogP contribution is 2.29. The van der Waals surface area contributed by atoms with Crippen molar-refractivity contribution in [2.45, 2.75) is 18.6 Å². The number of hydrogen-bond acceptors (Lipinski definition) is 6. The van der Waals surface area contributed by atoms with Crippen LogP contribution in [0.5, 0.6) is 0 Å². The van der Waals surface area contributed by atoms with Gasteiger partial charge in [-0.25, -0.2) is 14.2 Å². The largest absolute Gasteiger partial charge is 0.462 e. The molecule has 1 aliphatic rings. The Bertz CT molecular complexity index is 994. The maximum absolute atomic E-state index is 13.8. The number of ether oxygens (including phenoxy) is 1. The fraction of sp³-hybridized carbons (Fsp3) is 0.238. The number of para-hydroxylation sites is 1. The predicted octanol–water partition coefficient (Wildman–Crippen LogP) is 3.59. The topological polar surface area (TPSA) is 88.1 Å². The summed E-state index contributed by atoms with van der Waals surface area (Å²) in [5.41, 5.74) is 0.964. The number of esters is 1. The Morgan fingerprint density at radius 3 is 2.60 bits per heavy atom. The number of thioether (sulfide) groups is 1. The van der Waals surface area contributed by atoms with Crippen molar-refractivity contribution in [3.8, 4) is 0 Å². The molecule has 30 heavy (non-hydrogen) atoms. The van der Waals surface area contributed by atoms with E-state index in [0.717, 1.165) is 11.8 Å². The van der Waals surface area contributed by atoms with E-state index in [9.17, 15) is 18.8 Å². The summed E-state index contributed by atoms with van der Waals surface area (Å²) in [6, 6.07) is 12.2. The van der Waals surface area contributed by atoms with Crippen molar-refractivity contribution >= 4 is 46.1 Å². The smallest absolute Gasteiger partial charge is 0.338 e. The number of rotatable bonds is 5. The first kappa shape index (κ1) is 21.5. The lowest BCUT2D eigenvalue weighted by atomic mass is 10.2. The van der Waals surface area contributed by atoms with Gasteiger partial charge in [-0.1, -0.05) is 23.9 Å². The summed E-state index contributed by atoms with van der Waals surface area (Å²) >= 11 is 1.12. The molecular formula is C21H20FN3O4S. The minimum atomic E-state index is -0.745. The van der Waals surface area contributed by atoms with Gasteiger partial charge in [0.1, 0.15) is 11.1 Å². The Balaban J connectivity index is 1.76. The van der Waals surface area contributed by atoms with Crippen molar-refractivity contribution in [1.29, 1.82) is 0 Å². The van der Waals surface area contributed by atoms with Crippen LogP contribution in [0.25, 0.3) is 0 Å². The van der Waals surface area contributed by atoms with E-state index in [1.807, 2.05) is 0 Å². The number of carbonyl (C=O) groups excluding carboxylic acids is 3. The summed E-state index contributed by atoms with van der Waals surface area (Å²) in [5.74, 6) is -1.73. The Morgan fingerprint density at radius 1 is 1.23 bits per heavy atom. The second kappa shape index (κ2) is 9.53. The lowest BCUT2D eigenvalue weighted by Gasteiger charge is -2.28. The number of benzene rings is 2. The third-order valence-electron chi connectivity index (χ3n) is 4.30. The molecule has 2 aromatic rings. The maximum atomic E-state index is 13.8. The highest BCUT2D eigenvalue weighted by Gasteiger charge is 2.34. The molecule has 1 N–H and O–H groups in total. The van der Waals surface area contributed by atoms with Gasteiger partial charge in [-0.05, 0) is 43.3 Å². The molecule has 1 aliphatic heterocycles. The van der Waals surface area contributed by atoms with Gasteiger partial charge in [0.2, 0.25) is 11.8 Å². The molecule has 0 aromatic heterocycles. The van der Waals surface area contributed by atoms with E-state index in [4.69, 9.17) is 4.74 Å². The van der Waals surface area contributed by atoms with E-state index in [0.29, 0.717) is 16.4 Å². The Hall–Kier alpha value is -3.20. The van der Waals surface area contributed by atoms with E-state index < -0.39 is 22.9 Å². The van der Waals surface area contributed by atoms with Crippen LogP contribution in [-0.4, -0.2) is 46.8 Å². The number of amides is 2. The molecule has 1 heterocycles. The third-order valence-corrected chi connectivity index (χ3v) is 5.54. The van der Waals surface area contributed by atoms with Crippen molar-refractivity contribution in [3.63, 3.8) is 0 Å². The van der Waals surface area contributed by atoms with Crippen molar-refractivity contribution < 1.29 is 23.5 Å². The number of hydrogen-bond donors (Lipinski definition) is 1. The van der Waals surface area contributed by atoms with Crippen LogP contribution in [0.2, 0.25) is 0 Å². The van der Waals surface area contributed by atoms with Gasteiger partial charge in [0.25, 0.3) is 0 Å². The lowest BCUT2D eigenvalue weighted by molar-refractivity contribution is -0.128. The number of amidine groups is 1. The fourth-order valence-electron chi connectivity index (χ4n) is 2.67. The molecule has 1 fully saturated rings. The van der Waals surface area contributed by atoms with Crippen LogP contribution < -0.4 is 5.32 Å². The quantitative estimate of drug-likeness (QED) is 0.734. The van der Waals surface area contributed by atoms with Crippen LogP contribution in [0.4, 0.5) is 15.8 Å². The zero-order valence-electron chi connectivity index (χ0n) is 16.4. The van der Waals surface area contributed by atoms with E-state index >= 15 is 0 Å². The summed E-state index contributed by atoms with van der Waals surface area (Å²) < 4.78 is 18.7. The molecule has 9 heteroatoms. The number of nitrogens with one attached hydrogen (secondary N) is 1. The molecule has 0 radical (unpaired) electrons. The first-order valence-corrected chi connectivity index (χ1v) is 10.1. The molecule has 0 spiro atoms. The van der Waals surface area contributed by atoms with Gasteiger partial charge >= 0.3 is 5.97 Å². The summed E-state index contributed by atoms with van der Waals surface area (Å²) in [5, 5.41) is 2.11. The summed E-state index contributed by atoms with van der Waals surface area (Å²) in [6.45, 7) is 2.01. The molecule has 3 rings (SSSR count). The summed E-state index contributed by atoms with van der Waals surface area (Å²) in [6.07, 6.45) is -0.0255. The Kier molecular flexibility index (Phi) is 6.83. The van der Waals surface area contributed by atoms with E-state index in [-0.39, 0.29) is 24.6 Å². The van der Waals surface area contributed by atoms with Crippen LogP contribution >= 0.6 is 11.8 Å². The van der Waals surface area contributed by atoms with Crippen molar-refractivity contribution in [1.82, 2.24) is 4.90 Å². The fourth-order valence-corrected chi connectivity index (χ4v) is 3.73. The molecule has 1 saturated heterocycles. The molecule has 2 aromatic carbocycles. The summed E-state index contributed by atoms with van der Waals surface area (Å²) in [7, 11) is 1.58. The van der Waals surface area contributed by atoms with Gasteiger partial charge in [-0.2, -0.15) is 0 Å². The average molecular weight is 429 g/mol. The first-order valence-electron chi connectivity index (χ1n) is 9.23. The normalized spacial score (nSPS) is 17.7. The second-order valence-electron chi connectivity index (χ2n) is 6.39. The first-order chi connectivity index (χ1) is 14.4. The van der Waals surface area contributed by atoms with Crippen LogP contribution in [0.3, 0.4) is 0 Å². The summed E-state index contributed by atoms with van der Waals surface area (Å²) in [4.78, 5) is 42.5. The Morgan fingerprint density at radius 2 is 1.93 bits per heavy atom. The predicted molar refractivity (Wildman–Crippen MR) is 113 cm³/mol. The number of aliphatic imine (C=N–C) groups is 1. The number of anilines is 1. The van der Waals surface area contributed by atoms with Gasteiger partial charge in [-0.15, -0.1) is 0 Å². The van der Waals surface area contributed by atoms with E-state index in [2.05, 4.69) is 10.3 Å².